The lowest BCUT2D eigenvalue weighted by molar-refractivity contribution is 0.0599. The van der Waals surface area contributed by atoms with Gasteiger partial charge in [0.25, 0.3) is 0 Å². The molecule has 0 bridgehead atoms. The monoisotopic (exact) mass is 290 g/mol. The van der Waals surface area contributed by atoms with Crippen LogP contribution in [0.2, 0.25) is 0 Å². The van der Waals surface area contributed by atoms with Crippen LogP contribution in [0.1, 0.15) is 10.4 Å². The lowest BCUT2D eigenvalue weighted by Crippen LogP contribution is -2.03. The van der Waals surface area contributed by atoms with Crippen LogP contribution in [0.4, 0.5) is 0 Å². The molecule has 0 saturated heterocycles. The SMILES string of the molecule is COC(=O)c1cc(SC)c(OC)cc1Br. The smallest absolute Gasteiger partial charge is 0.339 e. The maximum Gasteiger partial charge on any atom is 0.339 e. The van der Waals surface area contributed by atoms with Gasteiger partial charge in [0.05, 0.1) is 24.7 Å². The minimum Gasteiger partial charge on any atom is -0.496 e. The first-order valence-electron chi connectivity index (χ1n) is 4.13. The first-order chi connectivity index (χ1) is 7.13. The predicted molar refractivity (Wildman–Crippen MR) is 63.8 cm³/mol. The second kappa shape index (κ2) is 5.42. The molecule has 0 atom stereocenters. The van der Waals surface area contributed by atoms with Crippen LogP contribution in [0, 0.1) is 0 Å². The van der Waals surface area contributed by atoms with E-state index < -0.39 is 0 Å². The minimum absolute atomic E-state index is 0.361. The van der Waals surface area contributed by atoms with Crippen molar-refractivity contribution in [3.8, 4) is 5.75 Å². The number of hydrogen-bond donors (Lipinski definition) is 0. The molecule has 0 unspecified atom stereocenters. The molecule has 0 aliphatic rings. The molecule has 0 aliphatic carbocycles. The number of ether oxygens (including phenoxy) is 2. The molecule has 82 valence electrons. The standard InChI is InChI=1S/C10H11BrO3S/c1-13-8-5-7(11)6(10(12)14-2)4-9(8)15-3/h4-5H,1-3H3. The maximum atomic E-state index is 11.4. The van der Waals surface area contributed by atoms with E-state index in [-0.39, 0.29) is 5.97 Å². The molecule has 0 radical (unpaired) electrons. The van der Waals surface area contributed by atoms with Crippen molar-refractivity contribution in [3.05, 3.63) is 22.2 Å². The topological polar surface area (TPSA) is 35.5 Å². The molecular formula is C10H11BrO3S. The van der Waals surface area contributed by atoms with E-state index in [9.17, 15) is 4.79 Å². The Morgan fingerprint density at radius 3 is 2.53 bits per heavy atom. The third-order valence-electron chi connectivity index (χ3n) is 1.88. The van der Waals surface area contributed by atoms with Crippen molar-refractivity contribution in [1.29, 1.82) is 0 Å². The minimum atomic E-state index is -0.361. The van der Waals surface area contributed by atoms with E-state index in [4.69, 9.17) is 4.74 Å². The van der Waals surface area contributed by atoms with Crippen LogP contribution in [0.25, 0.3) is 0 Å². The van der Waals surface area contributed by atoms with Crippen molar-refractivity contribution < 1.29 is 14.3 Å². The Labute approximate surface area is 101 Å². The van der Waals surface area contributed by atoms with Gasteiger partial charge in [-0.15, -0.1) is 11.8 Å². The molecule has 0 amide bonds. The summed E-state index contributed by atoms with van der Waals surface area (Å²) >= 11 is 4.82. The Hall–Kier alpha value is -0.680. The molecule has 15 heavy (non-hydrogen) atoms. The number of benzene rings is 1. The van der Waals surface area contributed by atoms with Crippen LogP contribution in [-0.2, 0) is 4.74 Å². The average Bonchev–Trinajstić information content (AvgIpc) is 2.27. The summed E-state index contributed by atoms with van der Waals surface area (Å²) in [7, 11) is 2.96. The number of carbonyl (C=O) groups excluding carboxylic acids is 1. The fraction of sp³-hybridized carbons (Fsp3) is 0.300. The molecule has 1 rings (SSSR count). The van der Waals surface area contributed by atoms with E-state index in [2.05, 4.69) is 20.7 Å². The summed E-state index contributed by atoms with van der Waals surface area (Å²) in [4.78, 5) is 12.3. The average molecular weight is 291 g/mol. The molecule has 0 fully saturated rings. The fourth-order valence-electron chi connectivity index (χ4n) is 1.12. The zero-order valence-electron chi connectivity index (χ0n) is 8.67. The highest BCUT2D eigenvalue weighted by atomic mass is 79.9. The van der Waals surface area contributed by atoms with E-state index in [1.165, 1.54) is 18.9 Å². The maximum absolute atomic E-state index is 11.4. The van der Waals surface area contributed by atoms with Gasteiger partial charge in [0.15, 0.2) is 0 Å². The molecule has 1 aromatic rings. The molecule has 0 saturated carbocycles. The summed E-state index contributed by atoms with van der Waals surface area (Å²) in [6.45, 7) is 0. The van der Waals surface area contributed by atoms with Gasteiger partial charge >= 0.3 is 5.97 Å². The first-order valence-corrected chi connectivity index (χ1v) is 6.15. The first kappa shape index (κ1) is 12.4. The quantitative estimate of drug-likeness (QED) is 0.633. The zero-order chi connectivity index (χ0) is 11.4. The molecule has 0 heterocycles. The highest BCUT2D eigenvalue weighted by Gasteiger charge is 2.14. The van der Waals surface area contributed by atoms with E-state index in [0.717, 1.165) is 10.6 Å². The fourth-order valence-corrected chi connectivity index (χ4v) is 2.18. The summed E-state index contributed by atoms with van der Waals surface area (Å²) in [6, 6.07) is 3.51. The highest BCUT2D eigenvalue weighted by molar-refractivity contribution is 9.10. The summed E-state index contributed by atoms with van der Waals surface area (Å²) in [5.74, 6) is 0.377. The Kier molecular flexibility index (Phi) is 4.47. The molecule has 5 heteroatoms. The van der Waals surface area contributed by atoms with E-state index in [1.807, 2.05) is 6.26 Å². The molecular weight excluding hydrogens is 280 g/mol. The molecule has 0 spiro atoms. The van der Waals surface area contributed by atoms with Gasteiger partial charge in [-0.3, -0.25) is 0 Å². The van der Waals surface area contributed by atoms with Gasteiger partial charge in [0, 0.05) is 4.47 Å². The van der Waals surface area contributed by atoms with Crippen LogP contribution < -0.4 is 4.74 Å². The van der Waals surface area contributed by atoms with Crippen LogP contribution in [0.15, 0.2) is 21.5 Å². The predicted octanol–water partition coefficient (Wildman–Crippen LogP) is 2.97. The number of rotatable bonds is 3. The third kappa shape index (κ3) is 2.66. The number of esters is 1. The van der Waals surface area contributed by atoms with Crippen molar-refractivity contribution in [2.75, 3.05) is 20.5 Å². The second-order valence-electron chi connectivity index (χ2n) is 2.68. The van der Waals surface area contributed by atoms with Crippen molar-refractivity contribution in [1.82, 2.24) is 0 Å². The van der Waals surface area contributed by atoms with Gasteiger partial charge in [-0.05, 0) is 34.3 Å². The normalized spacial score (nSPS) is 9.87. The number of methoxy groups -OCH3 is 2. The van der Waals surface area contributed by atoms with E-state index in [0.29, 0.717) is 10.0 Å². The van der Waals surface area contributed by atoms with Crippen molar-refractivity contribution in [2.45, 2.75) is 4.90 Å². The summed E-state index contributed by atoms with van der Waals surface area (Å²) in [6.07, 6.45) is 1.92. The van der Waals surface area contributed by atoms with Crippen LogP contribution in [0.5, 0.6) is 5.75 Å². The summed E-state index contributed by atoms with van der Waals surface area (Å²) in [5.41, 5.74) is 0.502. The number of carbonyl (C=O) groups is 1. The lowest BCUT2D eigenvalue weighted by atomic mass is 10.2. The second-order valence-corrected chi connectivity index (χ2v) is 4.38. The van der Waals surface area contributed by atoms with Crippen LogP contribution in [0.3, 0.4) is 0 Å². The molecule has 0 aliphatic heterocycles. The number of hydrogen-bond acceptors (Lipinski definition) is 4. The molecule has 3 nitrogen and oxygen atoms in total. The van der Waals surface area contributed by atoms with Gasteiger partial charge in [-0.25, -0.2) is 4.79 Å². The van der Waals surface area contributed by atoms with Gasteiger partial charge < -0.3 is 9.47 Å². The largest absolute Gasteiger partial charge is 0.496 e. The van der Waals surface area contributed by atoms with Crippen molar-refractivity contribution in [3.63, 3.8) is 0 Å². The summed E-state index contributed by atoms with van der Waals surface area (Å²) < 4.78 is 10.5. The molecule has 1 aromatic carbocycles. The molecule has 0 aromatic heterocycles. The lowest BCUT2D eigenvalue weighted by Gasteiger charge is -2.09. The van der Waals surface area contributed by atoms with E-state index >= 15 is 0 Å². The number of thioether (sulfide) groups is 1. The molecule has 0 N–H and O–H groups in total. The summed E-state index contributed by atoms with van der Waals surface area (Å²) in [5, 5.41) is 0. The Morgan fingerprint density at radius 1 is 1.40 bits per heavy atom. The van der Waals surface area contributed by atoms with Crippen molar-refractivity contribution >= 4 is 33.7 Å². The van der Waals surface area contributed by atoms with Crippen LogP contribution in [-0.4, -0.2) is 26.4 Å². The van der Waals surface area contributed by atoms with E-state index in [1.54, 1.807) is 19.2 Å². The van der Waals surface area contributed by atoms with Gasteiger partial charge in [-0.1, -0.05) is 0 Å². The third-order valence-corrected chi connectivity index (χ3v) is 3.29. The van der Waals surface area contributed by atoms with Crippen molar-refractivity contribution in [2.24, 2.45) is 0 Å². The Morgan fingerprint density at radius 2 is 2.07 bits per heavy atom. The number of halogens is 1. The Bertz CT molecular complexity index is 379. The van der Waals surface area contributed by atoms with Gasteiger partial charge in [-0.2, -0.15) is 0 Å². The van der Waals surface area contributed by atoms with Gasteiger partial charge in [0.1, 0.15) is 5.75 Å². The Balaban J connectivity index is 3.25. The van der Waals surface area contributed by atoms with Crippen LogP contribution >= 0.6 is 27.7 Å². The highest BCUT2D eigenvalue weighted by Crippen LogP contribution is 2.33. The zero-order valence-corrected chi connectivity index (χ0v) is 11.1. The van der Waals surface area contributed by atoms with Gasteiger partial charge in [0.2, 0.25) is 0 Å².